The van der Waals surface area contributed by atoms with E-state index in [1.807, 2.05) is 0 Å². The minimum absolute atomic E-state index is 0.655. The van der Waals surface area contributed by atoms with Gasteiger partial charge in [0.1, 0.15) is 0 Å². The first-order valence-electron chi connectivity index (χ1n) is 6.71. The molecule has 15 heavy (non-hydrogen) atoms. The molecule has 3 aliphatic rings. The van der Waals surface area contributed by atoms with Crippen molar-refractivity contribution in [2.75, 3.05) is 0 Å². The number of hydrogen-bond donors (Lipinski definition) is 0. The quantitative estimate of drug-likeness (QED) is 0.517. The van der Waals surface area contributed by atoms with Crippen molar-refractivity contribution in [2.45, 2.75) is 46.5 Å². The lowest BCUT2D eigenvalue weighted by Crippen LogP contribution is -2.18. The van der Waals surface area contributed by atoms with E-state index in [0.29, 0.717) is 5.41 Å². The Labute approximate surface area is 94.1 Å². The van der Waals surface area contributed by atoms with Gasteiger partial charge in [0.15, 0.2) is 0 Å². The average molecular weight is 204 g/mol. The predicted molar refractivity (Wildman–Crippen MR) is 64.5 cm³/mol. The maximum absolute atomic E-state index is 4.35. The van der Waals surface area contributed by atoms with Gasteiger partial charge in [0.2, 0.25) is 0 Å². The Morgan fingerprint density at radius 1 is 1.20 bits per heavy atom. The lowest BCUT2D eigenvalue weighted by Gasteiger charge is -2.25. The van der Waals surface area contributed by atoms with Gasteiger partial charge in [-0.1, -0.05) is 32.9 Å². The molecule has 0 unspecified atom stereocenters. The van der Waals surface area contributed by atoms with Gasteiger partial charge < -0.3 is 0 Å². The number of hydrogen-bond acceptors (Lipinski definition) is 0. The fourth-order valence-corrected chi connectivity index (χ4v) is 4.93. The molecule has 0 heterocycles. The Hall–Kier alpha value is -0.260. The second kappa shape index (κ2) is 2.90. The first kappa shape index (κ1) is 9.93. The molecule has 3 aliphatic carbocycles. The van der Waals surface area contributed by atoms with Gasteiger partial charge in [-0.2, -0.15) is 0 Å². The molecule has 3 saturated carbocycles. The maximum Gasteiger partial charge on any atom is -0.0172 e. The second-order valence-corrected chi connectivity index (χ2v) is 6.89. The predicted octanol–water partition coefficient (Wildman–Crippen LogP) is 4.27. The first-order chi connectivity index (χ1) is 7.03. The van der Waals surface area contributed by atoms with E-state index in [0.717, 1.165) is 29.6 Å². The molecule has 0 aromatic carbocycles. The van der Waals surface area contributed by atoms with Crippen LogP contribution < -0.4 is 0 Å². The van der Waals surface area contributed by atoms with Crippen LogP contribution in [0.2, 0.25) is 0 Å². The number of fused-ring (bicyclic) bond motifs is 3. The van der Waals surface area contributed by atoms with Crippen LogP contribution in [-0.4, -0.2) is 0 Å². The molecule has 0 amide bonds. The van der Waals surface area contributed by atoms with Crippen LogP contribution in [-0.2, 0) is 0 Å². The van der Waals surface area contributed by atoms with Crippen molar-refractivity contribution in [3.05, 3.63) is 12.2 Å². The van der Waals surface area contributed by atoms with Gasteiger partial charge in [-0.15, -0.1) is 0 Å². The highest BCUT2D eigenvalue weighted by Gasteiger charge is 2.64. The van der Waals surface area contributed by atoms with Gasteiger partial charge in [0.25, 0.3) is 0 Å². The highest BCUT2D eigenvalue weighted by atomic mass is 14.7. The van der Waals surface area contributed by atoms with Crippen molar-refractivity contribution in [3.8, 4) is 0 Å². The lowest BCUT2D eigenvalue weighted by atomic mass is 9.80. The Bertz CT molecular complexity index is 299. The summed E-state index contributed by atoms with van der Waals surface area (Å²) >= 11 is 0. The molecule has 5 atom stereocenters. The van der Waals surface area contributed by atoms with Gasteiger partial charge in [0, 0.05) is 0 Å². The van der Waals surface area contributed by atoms with Crippen LogP contribution in [0.4, 0.5) is 0 Å². The summed E-state index contributed by atoms with van der Waals surface area (Å²) in [6.07, 6.45) is 5.63. The maximum atomic E-state index is 4.35. The van der Waals surface area contributed by atoms with E-state index in [-0.39, 0.29) is 0 Å². The summed E-state index contributed by atoms with van der Waals surface area (Å²) < 4.78 is 0. The summed E-state index contributed by atoms with van der Waals surface area (Å²) in [7, 11) is 0. The highest BCUT2D eigenvalue weighted by Crippen LogP contribution is 2.70. The third-order valence-electron chi connectivity index (χ3n) is 5.91. The Balaban J connectivity index is 1.93. The summed E-state index contributed by atoms with van der Waals surface area (Å²) in [5, 5.41) is 0. The largest absolute Gasteiger partial charge is 0.0996 e. The summed E-state index contributed by atoms with van der Waals surface area (Å²) in [4.78, 5) is 0. The Morgan fingerprint density at radius 3 is 2.67 bits per heavy atom. The van der Waals surface area contributed by atoms with Crippen LogP contribution in [0.15, 0.2) is 12.2 Å². The lowest BCUT2D eigenvalue weighted by molar-refractivity contribution is 0.280. The molecule has 0 nitrogen and oxygen atoms in total. The highest BCUT2D eigenvalue weighted by molar-refractivity contribution is 5.20. The molecule has 0 aromatic rings. The fourth-order valence-electron chi connectivity index (χ4n) is 4.93. The van der Waals surface area contributed by atoms with Crippen LogP contribution in [0.3, 0.4) is 0 Å². The summed E-state index contributed by atoms with van der Waals surface area (Å²) in [5.41, 5.74) is 2.25. The van der Waals surface area contributed by atoms with Crippen LogP contribution in [0.5, 0.6) is 0 Å². The summed E-state index contributed by atoms with van der Waals surface area (Å²) in [6, 6.07) is 0. The molecule has 0 aliphatic heterocycles. The van der Waals surface area contributed by atoms with E-state index in [4.69, 9.17) is 0 Å². The van der Waals surface area contributed by atoms with Crippen molar-refractivity contribution >= 4 is 0 Å². The zero-order valence-electron chi connectivity index (χ0n) is 10.4. The molecule has 0 bridgehead atoms. The molecule has 84 valence electrons. The van der Waals surface area contributed by atoms with Crippen molar-refractivity contribution in [1.82, 2.24) is 0 Å². The monoisotopic (exact) mass is 204 g/mol. The second-order valence-electron chi connectivity index (χ2n) is 6.89. The van der Waals surface area contributed by atoms with Gasteiger partial charge in [-0.05, 0) is 60.7 Å². The molecular formula is C15H24. The van der Waals surface area contributed by atoms with E-state index in [9.17, 15) is 0 Å². The van der Waals surface area contributed by atoms with Crippen LogP contribution >= 0.6 is 0 Å². The van der Waals surface area contributed by atoms with E-state index in [2.05, 4.69) is 27.4 Å². The smallest absolute Gasteiger partial charge is 0.0172 e. The topological polar surface area (TPSA) is 0 Å². The van der Waals surface area contributed by atoms with Gasteiger partial charge in [-0.25, -0.2) is 0 Å². The van der Waals surface area contributed by atoms with Crippen molar-refractivity contribution < 1.29 is 0 Å². The average Bonchev–Trinajstić information content (AvgIpc) is 2.55. The summed E-state index contributed by atoms with van der Waals surface area (Å²) in [5.74, 6) is 4.87. The van der Waals surface area contributed by atoms with E-state index in [1.54, 1.807) is 5.57 Å². The number of allylic oxidation sites excluding steroid dienone is 1. The zero-order chi connectivity index (χ0) is 10.8. The molecule has 0 radical (unpaired) electrons. The minimum Gasteiger partial charge on any atom is -0.0996 e. The molecule has 0 heteroatoms. The van der Waals surface area contributed by atoms with E-state index >= 15 is 0 Å². The van der Waals surface area contributed by atoms with Crippen molar-refractivity contribution in [1.29, 1.82) is 0 Å². The fraction of sp³-hybridized carbons (Fsp3) is 0.867. The molecule has 0 saturated heterocycles. The SMILES string of the molecule is C=C1CC[C@@H]2[C@H]([C@H]3[C@@H](C)CC[C@@H]13)C2(C)C. The summed E-state index contributed by atoms with van der Waals surface area (Å²) in [6.45, 7) is 11.8. The molecule has 3 fully saturated rings. The van der Waals surface area contributed by atoms with Crippen LogP contribution in [0.1, 0.15) is 46.5 Å². The van der Waals surface area contributed by atoms with Gasteiger partial charge in [-0.3, -0.25) is 0 Å². The molecule has 0 spiro atoms. The van der Waals surface area contributed by atoms with Crippen molar-refractivity contribution in [2.24, 2.45) is 35.0 Å². The standard InChI is InChI=1S/C15H24/c1-9-6-8-12-14(15(12,3)4)13-10(2)5-7-11(9)13/h10-14H,1,5-8H2,2-4H3/t10-,11-,12+,13-,14+/m0/s1. The third kappa shape index (κ3) is 1.20. The Morgan fingerprint density at radius 2 is 1.93 bits per heavy atom. The Kier molecular flexibility index (Phi) is 1.92. The van der Waals surface area contributed by atoms with Crippen molar-refractivity contribution in [3.63, 3.8) is 0 Å². The number of rotatable bonds is 0. The third-order valence-corrected chi connectivity index (χ3v) is 5.91. The van der Waals surface area contributed by atoms with E-state index < -0.39 is 0 Å². The normalized spacial score (nSPS) is 51.9. The molecule has 3 rings (SSSR count). The van der Waals surface area contributed by atoms with Gasteiger partial charge in [0.05, 0.1) is 0 Å². The molecule has 0 N–H and O–H groups in total. The van der Waals surface area contributed by atoms with Crippen LogP contribution in [0.25, 0.3) is 0 Å². The first-order valence-corrected chi connectivity index (χ1v) is 6.71. The van der Waals surface area contributed by atoms with E-state index in [1.165, 1.54) is 25.7 Å². The molecular weight excluding hydrogens is 180 g/mol. The molecule has 0 aromatic heterocycles. The van der Waals surface area contributed by atoms with Gasteiger partial charge >= 0.3 is 0 Å². The zero-order valence-corrected chi connectivity index (χ0v) is 10.4. The van der Waals surface area contributed by atoms with Crippen LogP contribution in [0, 0.1) is 35.0 Å². The minimum atomic E-state index is 0.655.